The van der Waals surface area contributed by atoms with Gasteiger partial charge in [-0.25, -0.2) is 9.97 Å². The van der Waals surface area contributed by atoms with Crippen molar-refractivity contribution in [1.29, 1.82) is 0 Å². The molecule has 1 fully saturated rings. The topological polar surface area (TPSA) is 56.7 Å². The Kier molecular flexibility index (Phi) is 2.93. The number of imidazole rings is 1. The lowest BCUT2D eigenvalue weighted by molar-refractivity contribution is 0.546. The largest absolute Gasteiger partial charge is 0.369 e. The molecule has 0 saturated heterocycles. The molecule has 0 radical (unpaired) electrons. The minimum Gasteiger partial charge on any atom is -0.369 e. The fraction of sp³-hybridized carbons (Fsp3) is 0.538. The summed E-state index contributed by atoms with van der Waals surface area (Å²) in [6, 6.07) is 2.50. The second-order valence-corrected chi connectivity index (χ2v) is 6.04. The number of anilines is 1. The van der Waals surface area contributed by atoms with Crippen LogP contribution in [0.5, 0.6) is 0 Å². The molecule has 2 aromatic heterocycles. The summed E-state index contributed by atoms with van der Waals surface area (Å²) in [5, 5.41) is 0.632. The van der Waals surface area contributed by atoms with Crippen molar-refractivity contribution in [1.82, 2.24) is 14.5 Å². The molecule has 1 aliphatic rings. The van der Waals surface area contributed by atoms with Crippen molar-refractivity contribution >= 4 is 28.9 Å². The molecule has 18 heavy (non-hydrogen) atoms. The van der Waals surface area contributed by atoms with Crippen LogP contribution in [0.2, 0.25) is 0 Å². The predicted molar refractivity (Wildman–Crippen MR) is 76.9 cm³/mol. The van der Waals surface area contributed by atoms with Gasteiger partial charge in [-0.1, -0.05) is 6.42 Å². The summed E-state index contributed by atoms with van der Waals surface area (Å²) < 4.78 is 2.14. The van der Waals surface area contributed by atoms with E-state index in [9.17, 15) is 0 Å². The maximum absolute atomic E-state index is 6.10. The molecule has 0 aliphatic heterocycles. The highest BCUT2D eigenvalue weighted by molar-refractivity contribution is 7.99. The normalized spacial score (nSPS) is 23.9. The number of thioether (sulfide) groups is 1. The Morgan fingerprint density at radius 1 is 1.44 bits per heavy atom. The predicted octanol–water partition coefficient (Wildman–Crippen LogP) is 2.78. The standard InChI is InChI=1S/C13H18N4S/c1-8-6-9-12(15-7-8)17(13(14)16-9)10-4-3-5-11(10)18-2/h6-7,10-11H,3-5H2,1-2H3,(H2,14,16). The van der Waals surface area contributed by atoms with E-state index in [4.69, 9.17) is 5.73 Å². The van der Waals surface area contributed by atoms with Crippen molar-refractivity contribution in [3.8, 4) is 0 Å². The quantitative estimate of drug-likeness (QED) is 0.904. The number of aryl methyl sites for hydroxylation is 1. The Hall–Kier alpha value is -1.23. The number of aromatic nitrogens is 3. The van der Waals surface area contributed by atoms with Gasteiger partial charge in [-0.05, 0) is 37.7 Å². The molecule has 0 aromatic carbocycles. The van der Waals surface area contributed by atoms with E-state index in [1.807, 2.05) is 24.9 Å². The Bertz CT molecular complexity index is 578. The number of nitrogen functional groups attached to an aromatic ring is 1. The molecule has 2 aromatic rings. The minimum absolute atomic E-state index is 0.445. The SMILES string of the molecule is CSC1CCCC1n1c(N)nc2cc(C)cnc21. The summed E-state index contributed by atoms with van der Waals surface area (Å²) in [4.78, 5) is 8.98. The first-order valence-corrected chi connectivity index (χ1v) is 7.62. The number of nitrogens with two attached hydrogens (primary N) is 1. The Morgan fingerprint density at radius 2 is 2.28 bits per heavy atom. The molecule has 3 rings (SSSR count). The van der Waals surface area contributed by atoms with Crippen molar-refractivity contribution in [3.63, 3.8) is 0 Å². The number of nitrogens with zero attached hydrogens (tertiary/aromatic N) is 3. The third-order valence-electron chi connectivity index (χ3n) is 3.75. The lowest BCUT2D eigenvalue weighted by Gasteiger charge is -2.20. The first kappa shape index (κ1) is 11.8. The average Bonchev–Trinajstić information content (AvgIpc) is 2.90. The molecule has 2 N–H and O–H groups in total. The highest BCUT2D eigenvalue weighted by Crippen LogP contribution is 2.40. The molecule has 0 spiro atoms. The second kappa shape index (κ2) is 4.46. The van der Waals surface area contributed by atoms with E-state index in [0.29, 0.717) is 17.2 Å². The Morgan fingerprint density at radius 3 is 3.06 bits per heavy atom. The van der Waals surface area contributed by atoms with Crippen LogP contribution in [0.1, 0.15) is 30.9 Å². The van der Waals surface area contributed by atoms with E-state index in [1.165, 1.54) is 19.3 Å². The lowest BCUT2D eigenvalue weighted by atomic mass is 10.2. The zero-order valence-corrected chi connectivity index (χ0v) is 11.6. The first-order chi connectivity index (χ1) is 8.70. The molecule has 1 saturated carbocycles. The Labute approximate surface area is 111 Å². The van der Waals surface area contributed by atoms with Crippen LogP contribution in [0.15, 0.2) is 12.3 Å². The number of rotatable bonds is 2. The molecule has 96 valence electrons. The molecule has 2 atom stereocenters. The van der Waals surface area contributed by atoms with Crippen molar-refractivity contribution in [2.24, 2.45) is 0 Å². The van der Waals surface area contributed by atoms with Crippen molar-refractivity contribution < 1.29 is 0 Å². The Balaban J connectivity index is 2.13. The van der Waals surface area contributed by atoms with E-state index < -0.39 is 0 Å². The molecule has 1 aliphatic carbocycles. The van der Waals surface area contributed by atoms with E-state index in [0.717, 1.165) is 16.7 Å². The molecule has 2 heterocycles. The van der Waals surface area contributed by atoms with Crippen LogP contribution >= 0.6 is 11.8 Å². The van der Waals surface area contributed by atoms with Crippen LogP contribution in [0.3, 0.4) is 0 Å². The lowest BCUT2D eigenvalue weighted by Crippen LogP contribution is -2.18. The van der Waals surface area contributed by atoms with Gasteiger partial charge in [0.1, 0.15) is 5.52 Å². The fourth-order valence-corrected chi connectivity index (χ4v) is 3.88. The van der Waals surface area contributed by atoms with Gasteiger partial charge in [-0.2, -0.15) is 11.8 Å². The fourth-order valence-electron chi connectivity index (χ4n) is 2.90. The summed E-state index contributed by atoms with van der Waals surface area (Å²) in [6.45, 7) is 2.03. The number of pyridine rings is 1. The molecular weight excluding hydrogens is 244 g/mol. The van der Waals surface area contributed by atoms with Crippen LogP contribution in [-0.4, -0.2) is 26.0 Å². The highest BCUT2D eigenvalue weighted by atomic mass is 32.2. The van der Waals surface area contributed by atoms with Crippen LogP contribution in [0.4, 0.5) is 5.95 Å². The zero-order chi connectivity index (χ0) is 12.7. The third kappa shape index (κ3) is 1.77. The van der Waals surface area contributed by atoms with Gasteiger partial charge in [0, 0.05) is 11.4 Å². The monoisotopic (exact) mass is 262 g/mol. The van der Waals surface area contributed by atoms with Crippen molar-refractivity contribution in [2.75, 3.05) is 12.0 Å². The maximum atomic E-state index is 6.10. The van der Waals surface area contributed by atoms with Crippen molar-refractivity contribution in [3.05, 3.63) is 17.8 Å². The molecular formula is C13H18N4S. The van der Waals surface area contributed by atoms with Crippen LogP contribution in [0, 0.1) is 6.92 Å². The van der Waals surface area contributed by atoms with Crippen molar-refractivity contribution in [2.45, 2.75) is 37.5 Å². The van der Waals surface area contributed by atoms with Crippen LogP contribution < -0.4 is 5.73 Å². The molecule has 0 bridgehead atoms. The zero-order valence-electron chi connectivity index (χ0n) is 10.8. The van der Waals surface area contributed by atoms with Gasteiger partial charge in [-0.15, -0.1) is 0 Å². The van der Waals surface area contributed by atoms with Gasteiger partial charge in [0.05, 0.1) is 6.04 Å². The van der Waals surface area contributed by atoms with E-state index in [-0.39, 0.29) is 0 Å². The van der Waals surface area contributed by atoms with Gasteiger partial charge >= 0.3 is 0 Å². The van der Waals surface area contributed by atoms with Gasteiger partial charge in [0.2, 0.25) is 5.95 Å². The molecule has 5 heteroatoms. The third-order valence-corrected chi connectivity index (χ3v) is 4.90. The average molecular weight is 262 g/mol. The minimum atomic E-state index is 0.445. The smallest absolute Gasteiger partial charge is 0.202 e. The van der Waals surface area contributed by atoms with Crippen LogP contribution in [0.25, 0.3) is 11.2 Å². The molecule has 2 unspecified atom stereocenters. The molecule has 0 amide bonds. The summed E-state index contributed by atoms with van der Waals surface area (Å²) in [6.07, 6.45) is 7.77. The number of hydrogen-bond acceptors (Lipinski definition) is 4. The van der Waals surface area contributed by atoms with E-state index >= 15 is 0 Å². The molecule has 4 nitrogen and oxygen atoms in total. The highest BCUT2D eigenvalue weighted by Gasteiger charge is 2.30. The number of fused-ring (bicyclic) bond motifs is 1. The van der Waals surface area contributed by atoms with E-state index in [1.54, 1.807) is 0 Å². The van der Waals surface area contributed by atoms with Gasteiger partial charge < -0.3 is 5.73 Å². The summed E-state index contributed by atoms with van der Waals surface area (Å²) >= 11 is 1.93. The van der Waals surface area contributed by atoms with E-state index in [2.05, 4.69) is 26.9 Å². The van der Waals surface area contributed by atoms with Gasteiger partial charge in [0.25, 0.3) is 0 Å². The summed E-state index contributed by atoms with van der Waals surface area (Å²) in [5.74, 6) is 0.606. The maximum Gasteiger partial charge on any atom is 0.202 e. The van der Waals surface area contributed by atoms with Gasteiger partial charge in [0.15, 0.2) is 5.65 Å². The summed E-state index contributed by atoms with van der Waals surface area (Å²) in [7, 11) is 0. The summed E-state index contributed by atoms with van der Waals surface area (Å²) in [5.41, 5.74) is 9.08. The van der Waals surface area contributed by atoms with Gasteiger partial charge in [-0.3, -0.25) is 4.57 Å². The number of hydrogen-bond donors (Lipinski definition) is 1. The van der Waals surface area contributed by atoms with Crippen LogP contribution in [-0.2, 0) is 0 Å². The first-order valence-electron chi connectivity index (χ1n) is 6.33. The second-order valence-electron chi connectivity index (χ2n) is 4.97.